The molecule has 4 aromatic rings. The van der Waals surface area contributed by atoms with Gasteiger partial charge in [-0.3, -0.25) is 20.2 Å². The Morgan fingerprint density at radius 2 is 1.07 bits per heavy atom. The van der Waals surface area contributed by atoms with E-state index in [2.05, 4.69) is 0 Å². The van der Waals surface area contributed by atoms with Crippen LogP contribution in [0.5, 0.6) is 11.5 Å². The van der Waals surface area contributed by atoms with Gasteiger partial charge >= 0.3 is 23.7 Å². The van der Waals surface area contributed by atoms with Crippen LogP contribution in [0.1, 0.15) is 34.7 Å². The van der Waals surface area contributed by atoms with E-state index in [9.17, 15) is 56.8 Å². The molecule has 0 amide bonds. The van der Waals surface area contributed by atoms with Crippen LogP contribution < -0.4 is 0 Å². The van der Waals surface area contributed by atoms with Gasteiger partial charge in [-0.15, -0.1) is 0 Å². The van der Waals surface area contributed by atoms with E-state index in [1.807, 2.05) is 0 Å². The van der Waals surface area contributed by atoms with Gasteiger partial charge in [0.2, 0.25) is 11.5 Å². The van der Waals surface area contributed by atoms with Gasteiger partial charge in [-0.25, -0.2) is 0 Å². The summed E-state index contributed by atoms with van der Waals surface area (Å²) in [7, 11) is 0. The second-order valence-corrected chi connectivity index (χ2v) is 8.94. The highest BCUT2D eigenvalue weighted by atomic mass is 19.4. The lowest BCUT2D eigenvalue weighted by Gasteiger charge is -2.34. The molecule has 0 fully saturated rings. The number of hydrogen-bond donors (Lipinski definition) is 2. The summed E-state index contributed by atoms with van der Waals surface area (Å²) in [6.45, 7) is 1.14. The molecule has 0 aliphatic heterocycles. The molecule has 0 aromatic heterocycles. The quantitative estimate of drug-likeness (QED) is 0.112. The number of phenolic OH excluding ortho intramolecular Hbond substituents is 2. The second-order valence-electron chi connectivity index (χ2n) is 8.94. The van der Waals surface area contributed by atoms with Gasteiger partial charge in [0.05, 0.1) is 9.85 Å². The fraction of sp³-hybridized carbons (Fsp3) is 0.154. The van der Waals surface area contributed by atoms with Crippen LogP contribution in [0.15, 0.2) is 66.7 Å². The molecule has 4 rings (SSSR count). The maximum atomic E-state index is 13.9. The normalized spacial score (nSPS) is 12.5. The van der Waals surface area contributed by atoms with Crippen molar-refractivity contribution in [2.24, 2.45) is 0 Å². The van der Waals surface area contributed by atoms with Crippen molar-refractivity contribution in [1.29, 1.82) is 0 Å². The first-order valence-corrected chi connectivity index (χ1v) is 11.1. The Hall–Kier alpha value is -4.88. The van der Waals surface area contributed by atoms with E-state index >= 15 is 0 Å². The molecule has 0 aliphatic rings. The minimum absolute atomic E-state index is 0.0341. The van der Waals surface area contributed by atoms with Crippen LogP contribution in [0.2, 0.25) is 0 Å². The molecule has 0 saturated heterocycles. The van der Waals surface area contributed by atoms with Crippen LogP contribution in [0.4, 0.5) is 37.7 Å². The van der Waals surface area contributed by atoms with Gasteiger partial charge in [0.15, 0.2) is 0 Å². The monoisotopic (exact) mass is 566 g/mol. The molecule has 2 N–H and O–H groups in total. The lowest BCUT2D eigenvalue weighted by Crippen LogP contribution is -2.27. The Morgan fingerprint density at radius 3 is 1.50 bits per heavy atom. The van der Waals surface area contributed by atoms with Crippen molar-refractivity contribution in [3.63, 3.8) is 0 Å². The lowest BCUT2D eigenvalue weighted by molar-refractivity contribution is -0.386. The number of rotatable bonds is 5. The average Bonchev–Trinajstić information content (AvgIpc) is 2.86. The number of alkyl halides is 6. The van der Waals surface area contributed by atoms with Crippen molar-refractivity contribution >= 4 is 22.1 Å². The predicted octanol–water partition coefficient (Wildman–Crippen LogP) is 7.46. The maximum Gasteiger partial charge on any atom is 0.420 e. The molecular formula is C26H16F6N2O6. The van der Waals surface area contributed by atoms with Crippen molar-refractivity contribution in [3.05, 3.63) is 115 Å². The van der Waals surface area contributed by atoms with E-state index in [1.165, 1.54) is 24.3 Å². The zero-order chi connectivity index (χ0) is 29.8. The molecule has 0 saturated carbocycles. The first-order chi connectivity index (χ1) is 18.5. The highest BCUT2D eigenvalue weighted by molar-refractivity contribution is 5.88. The number of hydrogen-bond acceptors (Lipinski definition) is 6. The molecule has 0 unspecified atom stereocenters. The minimum atomic E-state index is -5.33. The third-order valence-corrected chi connectivity index (χ3v) is 6.67. The summed E-state index contributed by atoms with van der Waals surface area (Å²) in [5, 5.41) is 44.2. The van der Waals surface area contributed by atoms with E-state index in [1.54, 1.807) is 18.2 Å². The topological polar surface area (TPSA) is 127 Å². The number of aromatic hydroxyl groups is 2. The Bertz CT molecular complexity index is 1600. The van der Waals surface area contributed by atoms with Crippen molar-refractivity contribution in [2.45, 2.75) is 24.7 Å². The fourth-order valence-corrected chi connectivity index (χ4v) is 4.67. The van der Waals surface area contributed by atoms with Crippen molar-refractivity contribution in [1.82, 2.24) is 0 Å². The largest absolute Gasteiger partial charge is 0.502 e. The molecule has 0 aliphatic carbocycles. The number of halogens is 6. The number of nitro groups is 2. The van der Waals surface area contributed by atoms with Crippen LogP contribution in [0.3, 0.4) is 0 Å². The summed E-state index contributed by atoms with van der Waals surface area (Å²) in [5.41, 5.74) is -9.80. The van der Waals surface area contributed by atoms with Crippen LogP contribution in [0, 0.1) is 20.2 Å². The molecule has 0 bridgehead atoms. The third-order valence-electron chi connectivity index (χ3n) is 6.67. The summed E-state index contributed by atoms with van der Waals surface area (Å²) in [4.78, 5) is 20.7. The average molecular weight is 566 g/mol. The van der Waals surface area contributed by atoms with Gasteiger partial charge in [0.1, 0.15) is 11.1 Å². The van der Waals surface area contributed by atoms with E-state index in [0.29, 0.717) is 35.0 Å². The summed E-state index contributed by atoms with van der Waals surface area (Å²) in [6, 6.07) is 12.5. The summed E-state index contributed by atoms with van der Waals surface area (Å²) in [5.74, 6) is -3.43. The SMILES string of the molecule is CC(c1cc([N+](=O)[O-])c(O)c(C(F)(F)F)c1)(c1cc([N+](=O)[O-])c(O)c(C(F)(F)F)c1)c1cccc2ccccc12. The number of nitrogens with zero attached hydrogens (tertiary/aromatic N) is 2. The van der Waals surface area contributed by atoms with E-state index in [4.69, 9.17) is 0 Å². The first-order valence-electron chi connectivity index (χ1n) is 11.1. The smallest absolute Gasteiger partial charge is 0.420 e. The summed E-state index contributed by atoms with van der Waals surface area (Å²) >= 11 is 0. The number of phenols is 2. The zero-order valence-electron chi connectivity index (χ0n) is 20.0. The zero-order valence-corrected chi connectivity index (χ0v) is 20.0. The maximum absolute atomic E-state index is 13.9. The summed E-state index contributed by atoms with van der Waals surface area (Å²) in [6.07, 6.45) is -10.7. The van der Waals surface area contributed by atoms with Crippen LogP contribution in [0.25, 0.3) is 10.8 Å². The van der Waals surface area contributed by atoms with Gasteiger partial charge in [0.25, 0.3) is 0 Å². The number of benzene rings is 4. The van der Waals surface area contributed by atoms with Crippen LogP contribution >= 0.6 is 0 Å². The number of nitro benzene ring substituents is 2. The summed E-state index contributed by atoms with van der Waals surface area (Å²) < 4.78 is 83.4. The highest BCUT2D eigenvalue weighted by Crippen LogP contribution is 2.51. The van der Waals surface area contributed by atoms with Crippen molar-refractivity contribution in [3.8, 4) is 11.5 Å². The molecule has 4 aromatic carbocycles. The molecular weight excluding hydrogens is 550 g/mol. The number of fused-ring (bicyclic) bond motifs is 1. The highest BCUT2D eigenvalue weighted by Gasteiger charge is 2.45. The van der Waals surface area contributed by atoms with Crippen molar-refractivity contribution in [2.75, 3.05) is 0 Å². The van der Waals surface area contributed by atoms with Crippen molar-refractivity contribution < 1.29 is 46.4 Å². The second kappa shape index (κ2) is 9.39. The Labute approximate surface area is 220 Å². The molecule has 8 nitrogen and oxygen atoms in total. The first kappa shape index (κ1) is 28.1. The van der Waals surface area contributed by atoms with Gasteiger partial charge < -0.3 is 10.2 Å². The molecule has 0 spiro atoms. The Kier molecular flexibility index (Phi) is 6.61. The van der Waals surface area contributed by atoms with Gasteiger partial charge in [0, 0.05) is 17.5 Å². The van der Waals surface area contributed by atoms with Crippen LogP contribution in [-0.2, 0) is 17.8 Å². The molecule has 40 heavy (non-hydrogen) atoms. The Morgan fingerprint density at radius 1 is 0.650 bits per heavy atom. The molecule has 208 valence electrons. The molecule has 14 heteroatoms. The van der Waals surface area contributed by atoms with Gasteiger partial charge in [-0.1, -0.05) is 42.5 Å². The van der Waals surface area contributed by atoms with Gasteiger partial charge in [-0.05, 0) is 46.5 Å². The van der Waals surface area contributed by atoms with Gasteiger partial charge in [-0.2, -0.15) is 26.3 Å². The predicted molar refractivity (Wildman–Crippen MR) is 129 cm³/mol. The lowest BCUT2D eigenvalue weighted by atomic mass is 9.68. The standard InChI is InChI=1S/C26H16F6N2O6/c1-24(17-8-4-6-13-5-2-3-7-16(13)17,14-9-18(25(27,28)29)22(35)20(11-14)33(37)38)15-10-19(26(30,31)32)23(36)21(12-15)34(39)40/h2-12,35-36H,1H3. The minimum Gasteiger partial charge on any atom is -0.502 e. The fourth-order valence-electron chi connectivity index (χ4n) is 4.67. The van der Waals surface area contributed by atoms with E-state index in [-0.39, 0.29) is 5.56 Å². The van der Waals surface area contributed by atoms with E-state index in [0.717, 1.165) is 6.92 Å². The molecule has 0 atom stereocenters. The third kappa shape index (κ3) is 4.61. The molecule has 0 heterocycles. The molecule has 0 radical (unpaired) electrons. The van der Waals surface area contributed by atoms with E-state index < -0.39 is 72.7 Å². The Balaban J connectivity index is 2.26. The van der Waals surface area contributed by atoms with Crippen LogP contribution in [-0.4, -0.2) is 20.1 Å².